The van der Waals surface area contributed by atoms with Crippen LogP contribution in [0, 0.1) is 0 Å². The highest BCUT2D eigenvalue weighted by atomic mass is 32.1. The molecule has 0 amide bonds. The first-order valence-electron chi connectivity index (χ1n) is 4.85. The third-order valence-corrected chi connectivity index (χ3v) is 3.17. The third-order valence-electron chi connectivity index (χ3n) is 2.08. The number of hydrogen-bond donors (Lipinski definition) is 4. The van der Waals surface area contributed by atoms with Gasteiger partial charge in [-0.15, -0.1) is 11.3 Å². The minimum atomic E-state index is 0.184. The van der Waals surface area contributed by atoms with Crippen LogP contribution in [0.4, 0.5) is 5.95 Å². The quantitative estimate of drug-likeness (QED) is 0.553. The van der Waals surface area contributed by atoms with Gasteiger partial charge in [0.25, 0.3) is 0 Å². The van der Waals surface area contributed by atoms with Gasteiger partial charge in [0.05, 0.1) is 12.1 Å². The Hall–Kier alpha value is -1.11. The van der Waals surface area contributed by atoms with E-state index in [4.69, 9.17) is 10.8 Å². The van der Waals surface area contributed by atoms with Crippen LogP contribution >= 0.6 is 11.3 Å². The topological polar surface area (TPSA) is 87.0 Å². The molecule has 2 heterocycles. The van der Waals surface area contributed by atoms with Gasteiger partial charge in [-0.05, 0) is 12.5 Å². The molecule has 0 aliphatic carbocycles. The molecule has 6 heteroatoms. The van der Waals surface area contributed by atoms with Gasteiger partial charge in [-0.2, -0.15) is 0 Å². The molecule has 5 nitrogen and oxygen atoms in total. The smallest absolute Gasteiger partial charge is 0.199 e. The molecular weight excluding hydrogens is 212 g/mol. The second-order valence-corrected chi connectivity index (χ2v) is 4.39. The highest BCUT2D eigenvalue weighted by Crippen LogP contribution is 2.24. The fraction of sp³-hybridized carbons (Fsp3) is 0.444. The summed E-state index contributed by atoms with van der Waals surface area (Å²) in [6, 6.07) is 2.07. The average molecular weight is 226 g/mol. The summed E-state index contributed by atoms with van der Waals surface area (Å²) in [6.45, 7) is 1.71. The van der Waals surface area contributed by atoms with Crippen molar-refractivity contribution < 1.29 is 5.11 Å². The van der Waals surface area contributed by atoms with Crippen LogP contribution in [-0.2, 0) is 6.42 Å². The zero-order chi connectivity index (χ0) is 10.7. The number of rotatable bonds is 5. The minimum absolute atomic E-state index is 0.184. The third kappa shape index (κ3) is 2.47. The first-order valence-corrected chi connectivity index (χ1v) is 5.66. The zero-order valence-corrected chi connectivity index (χ0v) is 9.10. The van der Waals surface area contributed by atoms with E-state index in [2.05, 4.69) is 21.4 Å². The van der Waals surface area contributed by atoms with Crippen molar-refractivity contribution in [1.82, 2.24) is 15.3 Å². The van der Waals surface area contributed by atoms with Gasteiger partial charge in [0.15, 0.2) is 5.95 Å². The Kier molecular flexibility index (Phi) is 3.20. The largest absolute Gasteiger partial charge is 0.395 e. The lowest BCUT2D eigenvalue weighted by molar-refractivity contribution is 0.293. The molecule has 0 bridgehead atoms. The van der Waals surface area contributed by atoms with Crippen LogP contribution in [0.5, 0.6) is 0 Å². The number of H-pyrrole nitrogens is 1. The molecule has 0 fully saturated rings. The van der Waals surface area contributed by atoms with E-state index in [-0.39, 0.29) is 6.61 Å². The minimum Gasteiger partial charge on any atom is -0.395 e. The molecule has 0 aliphatic rings. The van der Waals surface area contributed by atoms with E-state index < -0.39 is 0 Å². The number of imidazole rings is 1. The SMILES string of the molecule is Nc1nc2sc(CCNCCO)cc2[nH]1. The molecule has 0 saturated carbocycles. The summed E-state index contributed by atoms with van der Waals surface area (Å²) in [4.78, 5) is 9.39. The van der Waals surface area contributed by atoms with E-state index in [1.807, 2.05) is 0 Å². The zero-order valence-electron chi connectivity index (χ0n) is 8.29. The van der Waals surface area contributed by atoms with Crippen molar-refractivity contribution >= 4 is 27.6 Å². The molecule has 82 valence electrons. The number of aromatic amines is 1. The molecule has 5 N–H and O–H groups in total. The van der Waals surface area contributed by atoms with Crippen LogP contribution in [0.2, 0.25) is 0 Å². The number of nitrogens with one attached hydrogen (secondary N) is 2. The molecule has 0 unspecified atom stereocenters. The van der Waals surface area contributed by atoms with Gasteiger partial charge in [-0.1, -0.05) is 0 Å². The Morgan fingerprint density at radius 1 is 1.53 bits per heavy atom. The van der Waals surface area contributed by atoms with Crippen LogP contribution in [0.3, 0.4) is 0 Å². The van der Waals surface area contributed by atoms with E-state index in [1.165, 1.54) is 4.88 Å². The number of aliphatic hydroxyl groups is 1. The highest BCUT2D eigenvalue weighted by Gasteiger charge is 2.05. The van der Waals surface area contributed by atoms with Gasteiger partial charge >= 0.3 is 0 Å². The number of thiophene rings is 1. The first-order chi connectivity index (χ1) is 7.29. The molecule has 0 spiro atoms. The predicted molar refractivity (Wildman–Crippen MR) is 62.0 cm³/mol. The van der Waals surface area contributed by atoms with E-state index >= 15 is 0 Å². The number of aliphatic hydroxyl groups excluding tert-OH is 1. The monoisotopic (exact) mass is 226 g/mol. The van der Waals surface area contributed by atoms with Crippen molar-refractivity contribution in [2.45, 2.75) is 6.42 Å². The standard InChI is InChI=1S/C9H14N4OS/c10-9-12-7-5-6(15-8(7)13-9)1-2-11-3-4-14/h5,11,14H,1-4H2,(H3,10,12,13). The van der Waals surface area contributed by atoms with Crippen molar-refractivity contribution in [1.29, 1.82) is 0 Å². The van der Waals surface area contributed by atoms with Crippen molar-refractivity contribution in [2.24, 2.45) is 0 Å². The molecule has 2 aromatic heterocycles. The average Bonchev–Trinajstić information content (AvgIpc) is 2.69. The highest BCUT2D eigenvalue weighted by molar-refractivity contribution is 7.18. The molecule has 0 saturated heterocycles. The van der Waals surface area contributed by atoms with Crippen LogP contribution in [0.25, 0.3) is 10.3 Å². The van der Waals surface area contributed by atoms with Gasteiger partial charge in [0, 0.05) is 18.0 Å². The van der Waals surface area contributed by atoms with Crippen LogP contribution in [0.15, 0.2) is 6.07 Å². The van der Waals surface area contributed by atoms with Crippen LogP contribution < -0.4 is 11.1 Å². The van der Waals surface area contributed by atoms with E-state index in [9.17, 15) is 0 Å². The molecular formula is C9H14N4OS. The number of aromatic nitrogens is 2. The Balaban J connectivity index is 1.94. The molecule has 2 rings (SSSR count). The molecule has 2 aromatic rings. The number of fused-ring (bicyclic) bond motifs is 1. The summed E-state index contributed by atoms with van der Waals surface area (Å²) in [5.74, 6) is 0.473. The van der Waals surface area contributed by atoms with Crippen molar-refractivity contribution in [3.8, 4) is 0 Å². The Morgan fingerprint density at radius 2 is 2.40 bits per heavy atom. The summed E-state index contributed by atoms with van der Waals surface area (Å²) in [7, 11) is 0. The number of nitrogens with two attached hydrogens (primary N) is 1. The van der Waals surface area contributed by atoms with Gasteiger partial charge < -0.3 is 21.1 Å². The maximum atomic E-state index is 8.59. The first kappa shape index (κ1) is 10.4. The second kappa shape index (κ2) is 4.61. The molecule has 0 atom stereocenters. The predicted octanol–water partition coefficient (Wildman–Crippen LogP) is 0.331. The van der Waals surface area contributed by atoms with Crippen LogP contribution in [0.1, 0.15) is 4.88 Å². The van der Waals surface area contributed by atoms with E-state index in [0.29, 0.717) is 12.5 Å². The number of anilines is 1. The Bertz CT molecular complexity index is 405. The van der Waals surface area contributed by atoms with Crippen molar-refractivity contribution in [3.63, 3.8) is 0 Å². The normalized spacial score (nSPS) is 11.3. The van der Waals surface area contributed by atoms with Crippen molar-refractivity contribution in [2.75, 3.05) is 25.4 Å². The number of hydrogen-bond acceptors (Lipinski definition) is 5. The number of nitrogens with zero attached hydrogens (tertiary/aromatic N) is 1. The summed E-state index contributed by atoms with van der Waals surface area (Å²) >= 11 is 1.65. The van der Waals surface area contributed by atoms with Crippen molar-refractivity contribution in [3.05, 3.63) is 10.9 Å². The maximum absolute atomic E-state index is 8.59. The second-order valence-electron chi connectivity index (χ2n) is 3.28. The fourth-order valence-corrected chi connectivity index (χ4v) is 2.41. The van der Waals surface area contributed by atoms with Gasteiger partial charge in [-0.25, -0.2) is 4.98 Å². The molecule has 0 radical (unpaired) electrons. The fourth-order valence-electron chi connectivity index (χ4n) is 1.42. The summed E-state index contributed by atoms with van der Waals surface area (Å²) < 4.78 is 0. The summed E-state index contributed by atoms with van der Waals surface area (Å²) in [5, 5.41) is 11.7. The molecule has 0 aromatic carbocycles. The van der Waals surface area contributed by atoms with Gasteiger partial charge in [-0.3, -0.25) is 0 Å². The molecule has 0 aliphatic heterocycles. The lowest BCUT2D eigenvalue weighted by Crippen LogP contribution is -2.20. The van der Waals surface area contributed by atoms with E-state index in [1.54, 1.807) is 11.3 Å². The lowest BCUT2D eigenvalue weighted by atomic mass is 10.3. The van der Waals surface area contributed by atoms with Gasteiger partial charge in [0.1, 0.15) is 4.83 Å². The summed E-state index contributed by atoms with van der Waals surface area (Å²) in [5.41, 5.74) is 6.53. The lowest BCUT2D eigenvalue weighted by Gasteiger charge is -1.99. The Morgan fingerprint density at radius 3 is 3.13 bits per heavy atom. The Labute approximate surface area is 91.3 Å². The maximum Gasteiger partial charge on any atom is 0.199 e. The van der Waals surface area contributed by atoms with E-state index in [0.717, 1.165) is 23.3 Å². The summed E-state index contributed by atoms with van der Waals surface area (Å²) in [6.07, 6.45) is 0.953. The van der Waals surface area contributed by atoms with Crippen LogP contribution in [-0.4, -0.2) is 34.8 Å². The number of nitrogen functional groups attached to an aromatic ring is 1. The molecule has 15 heavy (non-hydrogen) atoms. The van der Waals surface area contributed by atoms with Gasteiger partial charge in [0.2, 0.25) is 0 Å².